The Morgan fingerprint density at radius 2 is 1.95 bits per heavy atom. The van der Waals surface area contributed by atoms with Crippen LogP contribution in [0.25, 0.3) is 10.8 Å². The number of rotatable bonds is 3. The van der Waals surface area contributed by atoms with Crippen molar-refractivity contribution in [3.05, 3.63) is 71.8 Å². The van der Waals surface area contributed by atoms with Gasteiger partial charge < -0.3 is 5.32 Å². The van der Waals surface area contributed by atoms with Crippen LogP contribution in [0.4, 0.5) is 10.1 Å². The van der Waals surface area contributed by atoms with Gasteiger partial charge in [-0.3, -0.25) is 4.98 Å². The smallest absolute Gasteiger partial charge is 0.146 e. The van der Waals surface area contributed by atoms with E-state index in [-0.39, 0.29) is 5.82 Å². The fraction of sp³-hybridized carbons (Fsp3) is 0.118. The Balaban J connectivity index is 1.81. The van der Waals surface area contributed by atoms with Crippen LogP contribution >= 0.6 is 0 Å². The monoisotopic (exact) mass is 266 g/mol. The summed E-state index contributed by atoms with van der Waals surface area (Å²) < 4.78 is 13.7. The van der Waals surface area contributed by atoms with Crippen LogP contribution in [0.2, 0.25) is 0 Å². The maximum Gasteiger partial charge on any atom is 0.146 e. The van der Waals surface area contributed by atoms with Gasteiger partial charge in [0.15, 0.2) is 0 Å². The largest absolute Gasteiger partial charge is 0.379 e. The molecule has 0 aliphatic carbocycles. The predicted molar refractivity (Wildman–Crippen MR) is 80.2 cm³/mol. The zero-order valence-electron chi connectivity index (χ0n) is 11.2. The van der Waals surface area contributed by atoms with E-state index in [1.807, 2.05) is 37.4 Å². The third-order valence-corrected chi connectivity index (χ3v) is 3.31. The van der Waals surface area contributed by atoms with E-state index in [0.29, 0.717) is 12.2 Å². The van der Waals surface area contributed by atoms with Crippen molar-refractivity contribution in [2.75, 3.05) is 5.32 Å². The quantitative estimate of drug-likeness (QED) is 0.764. The topological polar surface area (TPSA) is 24.9 Å². The number of hydrogen-bond donors (Lipinski definition) is 1. The Morgan fingerprint density at radius 1 is 1.05 bits per heavy atom. The molecule has 0 aliphatic rings. The van der Waals surface area contributed by atoms with Gasteiger partial charge in [-0.25, -0.2) is 4.39 Å². The number of benzene rings is 2. The summed E-state index contributed by atoms with van der Waals surface area (Å²) in [6.45, 7) is 2.55. The molecule has 1 N–H and O–H groups in total. The molecule has 0 amide bonds. The van der Waals surface area contributed by atoms with Crippen molar-refractivity contribution in [2.45, 2.75) is 13.5 Å². The van der Waals surface area contributed by atoms with Crippen LogP contribution in [-0.2, 0) is 6.54 Å². The molecule has 0 saturated heterocycles. The van der Waals surface area contributed by atoms with Gasteiger partial charge in [-0.1, -0.05) is 18.2 Å². The van der Waals surface area contributed by atoms with E-state index < -0.39 is 0 Å². The number of pyridine rings is 1. The predicted octanol–water partition coefficient (Wildman–Crippen LogP) is 4.29. The molecule has 0 radical (unpaired) electrons. The Kier molecular flexibility index (Phi) is 3.33. The van der Waals surface area contributed by atoms with Crippen LogP contribution < -0.4 is 5.32 Å². The van der Waals surface area contributed by atoms with Gasteiger partial charge in [0.25, 0.3) is 0 Å². The maximum atomic E-state index is 13.7. The second-order valence-corrected chi connectivity index (χ2v) is 4.89. The maximum absolute atomic E-state index is 13.7. The molecule has 3 aromatic rings. The highest BCUT2D eigenvalue weighted by Crippen LogP contribution is 2.18. The summed E-state index contributed by atoms with van der Waals surface area (Å²) in [5.41, 5.74) is 2.70. The number of hydrogen-bond acceptors (Lipinski definition) is 2. The molecule has 1 aromatic heterocycles. The first-order valence-corrected chi connectivity index (χ1v) is 6.55. The van der Waals surface area contributed by atoms with Crippen LogP contribution in [0.3, 0.4) is 0 Å². The van der Waals surface area contributed by atoms with Crippen molar-refractivity contribution in [3.63, 3.8) is 0 Å². The Hall–Kier alpha value is -2.42. The lowest BCUT2D eigenvalue weighted by molar-refractivity contribution is 0.629. The van der Waals surface area contributed by atoms with Gasteiger partial charge in [-0.2, -0.15) is 0 Å². The van der Waals surface area contributed by atoms with E-state index in [0.717, 1.165) is 21.9 Å². The van der Waals surface area contributed by atoms with E-state index in [1.165, 1.54) is 6.07 Å². The highest BCUT2D eigenvalue weighted by molar-refractivity contribution is 5.82. The number of nitrogens with zero attached hydrogens (tertiary/aromatic N) is 1. The number of halogens is 1. The normalized spacial score (nSPS) is 10.7. The van der Waals surface area contributed by atoms with Crippen molar-refractivity contribution < 1.29 is 4.39 Å². The van der Waals surface area contributed by atoms with Crippen LogP contribution in [0.5, 0.6) is 0 Å². The molecule has 100 valence electrons. The second-order valence-electron chi connectivity index (χ2n) is 4.89. The lowest BCUT2D eigenvalue weighted by Crippen LogP contribution is -2.01. The second kappa shape index (κ2) is 5.29. The van der Waals surface area contributed by atoms with Crippen LogP contribution in [0.1, 0.15) is 11.1 Å². The summed E-state index contributed by atoms with van der Waals surface area (Å²) in [5.74, 6) is -0.222. The average molecular weight is 266 g/mol. The molecule has 0 bridgehead atoms. The van der Waals surface area contributed by atoms with Gasteiger partial charge in [-0.15, -0.1) is 0 Å². The molecule has 0 fully saturated rings. The highest BCUT2D eigenvalue weighted by Gasteiger charge is 2.02. The van der Waals surface area contributed by atoms with E-state index in [1.54, 1.807) is 12.3 Å². The van der Waals surface area contributed by atoms with Crippen LogP contribution in [0.15, 0.2) is 54.9 Å². The summed E-state index contributed by atoms with van der Waals surface area (Å²) in [6, 6.07) is 13.2. The summed E-state index contributed by atoms with van der Waals surface area (Å²) in [5, 5.41) is 5.40. The van der Waals surface area contributed by atoms with Gasteiger partial charge in [0.1, 0.15) is 5.82 Å². The number of fused-ring (bicyclic) bond motifs is 1. The molecular weight excluding hydrogens is 251 g/mol. The lowest BCUT2D eigenvalue weighted by atomic mass is 10.1. The first-order valence-electron chi connectivity index (χ1n) is 6.55. The minimum atomic E-state index is -0.222. The standard InChI is InChI=1S/C17H15FN2/c1-12-2-5-16(18)17(8-12)20-10-13-3-4-15-11-19-7-6-14(15)9-13/h2-9,11,20H,10H2,1H3. The van der Waals surface area contributed by atoms with E-state index >= 15 is 0 Å². The molecule has 0 unspecified atom stereocenters. The first kappa shape index (κ1) is 12.6. The third-order valence-electron chi connectivity index (χ3n) is 3.31. The van der Waals surface area contributed by atoms with Crippen molar-refractivity contribution in [3.8, 4) is 0 Å². The van der Waals surface area contributed by atoms with Gasteiger partial charge in [0, 0.05) is 24.3 Å². The Labute approximate surface area is 117 Å². The molecule has 2 nitrogen and oxygen atoms in total. The fourth-order valence-electron chi connectivity index (χ4n) is 2.21. The number of aryl methyl sites for hydroxylation is 1. The molecule has 0 spiro atoms. The molecule has 2 aromatic carbocycles. The Morgan fingerprint density at radius 3 is 2.85 bits per heavy atom. The molecule has 0 atom stereocenters. The molecule has 3 heteroatoms. The molecule has 0 saturated carbocycles. The number of anilines is 1. The van der Waals surface area contributed by atoms with E-state index in [4.69, 9.17) is 0 Å². The number of aromatic nitrogens is 1. The van der Waals surface area contributed by atoms with Crippen LogP contribution in [0, 0.1) is 12.7 Å². The van der Waals surface area contributed by atoms with Gasteiger partial charge in [-0.05, 0) is 47.7 Å². The molecule has 0 aliphatic heterocycles. The SMILES string of the molecule is Cc1ccc(F)c(NCc2ccc3cnccc3c2)c1. The van der Waals surface area contributed by atoms with Crippen molar-refractivity contribution in [1.82, 2.24) is 4.98 Å². The summed E-state index contributed by atoms with van der Waals surface area (Å²) in [6.07, 6.45) is 3.62. The van der Waals surface area contributed by atoms with Gasteiger partial charge in [0.2, 0.25) is 0 Å². The Bertz CT molecular complexity index is 753. The molecule has 3 rings (SSSR count). The summed E-state index contributed by atoms with van der Waals surface area (Å²) >= 11 is 0. The highest BCUT2D eigenvalue weighted by atomic mass is 19.1. The van der Waals surface area contributed by atoms with Crippen molar-refractivity contribution >= 4 is 16.5 Å². The third kappa shape index (κ3) is 2.62. The first-order chi connectivity index (χ1) is 9.72. The average Bonchev–Trinajstić information content (AvgIpc) is 2.48. The van der Waals surface area contributed by atoms with Gasteiger partial charge in [0.05, 0.1) is 5.69 Å². The molecule has 20 heavy (non-hydrogen) atoms. The summed E-state index contributed by atoms with van der Waals surface area (Å²) in [4.78, 5) is 4.09. The van der Waals surface area contributed by atoms with Crippen molar-refractivity contribution in [1.29, 1.82) is 0 Å². The summed E-state index contributed by atoms with van der Waals surface area (Å²) in [7, 11) is 0. The van der Waals surface area contributed by atoms with Crippen molar-refractivity contribution in [2.24, 2.45) is 0 Å². The lowest BCUT2D eigenvalue weighted by Gasteiger charge is -2.09. The number of nitrogens with one attached hydrogen (secondary N) is 1. The van der Waals surface area contributed by atoms with E-state index in [9.17, 15) is 4.39 Å². The van der Waals surface area contributed by atoms with Crippen LogP contribution in [-0.4, -0.2) is 4.98 Å². The minimum Gasteiger partial charge on any atom is -0.379 e. The van der Waals surface area contributed by atoms with E-state index in [2.05, 4.69) is 16.4 Å². The minimum absolute atomic E-state index is 0.222. The zero-order chi connectivity index (χ0) is 13.9. The zero-order valence-corrected chi connectivity index (χ0v) is 11.2. The fourth-order valence-corrected chi connectivity index (χ4v) is 2.21. The molecular formula is C17H15FN2. The molecule has 1 heterocycles. The van der Waals surface area contributed by atoms with Gasteiger partial charge >= 0.3 is 0 Å².